The van der Waals surface area contributed by atoms with Gasteiger partial charge in [0, 0.05) is 12.6 Å². The highest BCUT2D eigenvalue weighted by molar-refractivity contribution is 6.99. The van der Waals surface area contributed by atoms with Gasteiger partial charge >= 0.3 is 0 Å². The van der Waals surface area contributed by atoms with Crippen molar-refractivity contribution < 1.29 is 0 Å². The van der Waals surface area contributed by atoms with Crippen molar-refractivity contribution in [1.82, 2.24) is 8.75 Å². The molecule has 0 N–H and O–H groups in total. The van der Waals surface area contributed by atoms with Crippen molar-refractivity contribution in [2.75, 3.05) is 11.4 Å². The molecule has 2 rings (SSSR count). The lowest BCUT2D eigenvalue weighted by atomic mass is 10.1. The Morgan fingerprint density at radius 2 is 2.20 bits per heavy atom. The quantitative estimate of drug-likeness (QED) is 0.798. The molecule has 84 valence electrons. The van der Waals surface area contributed by atoms with Crippen molar-refractivity contribution in [2.45, 2.75) is 39.2 Å². The molecule has 0 radical (unpaired) electrons. The normalized spacial score (nSPS) is 16.0. The van der Waals surface area contributed by atoms with Gasteiger partial charge in [-0.15, -0.1) is 0 Å². The van der Waals surface area contributed by atoms with Crippen molar-refractivity contribution in [1.29, 1.82) is 0 Å². The summed E-state index contributed by atoms with van der Waals surface area (Å²) in [5.41, 5.74) is 0. The van der Waals surface area contributed by atoms with Crippen LogP contribution in [0.4, 0.5) is 5.82 Å². The van der Waals surface area contributed by atoms with E-state index in [-0.39, 0.29) is 0 Å². The molecule has 1 aliphatic carbocycles. The molecule has 1 saturated carbocycles. The van der Waals surface area contributed by atoms with E-state index in [1.165, 1.54) is 31.0 Å². The maximum atomic E-state index is 6.02. The molecule has 0 spiro atoms. The van der Waals surface area contributed by atoms with E-state index in [0.717, 1.165) is 18.3 Å². The third-order valence-corrected chi connectivity index (χ3v) is 3.51. The van der Waals surface area contributed by atoms with Gasteiger partial charge in [0.25, 0.3) is 0 Å². The molecule has 0 aliphatic heterocycles. The van der Waals surface area contributed by atoms with Gasteiger partial charge in [0.05, 0.1) is 11.7 Å². The number of hydrogen-bond donors (Lipinski definition) is 0. The maximum Gasteiger partial charge on any atom is 0.187 e. The van der Waals surface area contributed by atoms with Crippen LogP contribution in [0.15, 0.2) is 0 Å². The van der Waals surface area contributed by atoms with E-state index in [1.54, 1.807) is 0 Å². The molecule has 3 nitrogen and oxygen atoms in total. The molecule has 1 fully saturated rings. The molecule has 0 aromatic carbocycles. The SMILES string of the molecule is CC(C)CCN(c1nsnc1Cl)C1CC1. The minimum absolute atomic E-state index is 0.565. The minimum atomic E-state index is 0.565. The summed E-state index contributed by atoms with van der Waals surface area (Å²) in [6.45, 7) is 5.53. The Morgan fingerprint density at radius 3 is 2.67 bits per heavy atom. The van der Waals surface area contributed by atoms with Crippen LogP contribution < -0.4 is 4.90 Å². The second-order valence-electron chi connectivity index (χ2n) is 4.49. The zero-order chi connectivity index (χ0) is 10.8. The number of nitrogens with zero attached hydrogens (tertiary/aromatic N) is 3. The Hall–Kier alpha value is -0.350. The monoisotopic (exact) mass is 245 g/mol. The first kappa shape index (κ1) is 11.1. The first-order valence-corrected chi connectivity index (χ1v) is 6.54. The van der Waals surface area contributed by atoms with E-state index in [0.29, 0.717) is 11.2 Å². The highest BCUT2D eigenvalue weighted by Gasteiger charge is 2.31. The highest BCUT2D eigenvalue weighted by atomic mass is 35.5. The summed E-state index contributed by atoms with van der Waals surface area (Å²) < 4.78 is 8.31. The molecule has 0 bridgehead atoms. The van der Waals surface area contributed by atoms with E-state index in [2.05, 4.69) is 27.5 Å². The summed E-state index contributed by atoms with van der Waals surface area (Å²) in [5, 5.41) is 0.565. The molecule has 0 amide bonds. The Labute approximate surface area is 99.8 Å². The molecule has 0 atom stereocenters. The first-order valence-electron chi connectivity index (χ1n) is 5.43. The Kier molecular flexibility index (Phi) is 3.46. The summed E-state index contributed by atoms with van der Waals surface area (Å²) in [6.07, 6.45) is 3.72. The number of halogens is 1. The van der Waals surface area contributed by atoms with Crippen molar-refractivity contribution in [2.24, 2.45) is 5.92 Å². The van der Waals surface area contributed by atoms with Crippen LogP contribution in [0.5, 0.6) is 0 Å². The van der Waals surface area contributed by atoms with Gasteiger partial charge in [-0.1, -0.05) is 25.4 Å². The lowest BCUT2D eigenvalue weighted by Gasteiger charge is -2.22. The summed E-state index contributed by atoms with van der Waals surface area (Å²) >= 11 is 7.22. The van der Waals surface area contributed by atoms with Crippen molar-refractivity contribution in [3.8, 4) is 0 Å². The van der Waals surface area contributed by atoms with Crippen LogP contribution in [-0.2, 0) is 0 Å². The number of aromatic nitrogens is 2. The summed E-state index contributed by atoms with van der Waals surface area (Å²) in [4.78, 5) is 2.33. The molecular formula is C10H16ClN3S. The van der Waals surface area contributed by atoms with Crippen LogP contribution in [0.2, 0.25) is 5.15 Å². The van der Waals surface area contributed by atoms with Crippen LogP contribution >= 0.6 is 23.3 Å². The number of hydrogen-bond acceptors (Lipinski definition) is 4. The molecule has 0 unspecified atom stereocenters. The standard InChI is InChI=1S/C10H16ClN3S/c1-7(2)5-6-14(8-3-4-8)10-9(11)12-15-13-10/h7-8H,3-6H2,1-2H3. The van der Waals surface area contributed by atoms with Crippen molar-refractivity contribution in [3.05, 3.63) is 5.15 Å². The molecule has 1 aliphatic rings. The average molecular weight is 246 g/mol. The van der Waals surface area contributed by atoms with Gasteiger partial charge in [-0.3, -0.25) is 0 Å². The van der Waals surface area contributed by atoms with Crippen LogP contribution in [0, 0.1) is 5.92 Å². The predicted molar refractivity (Wildman–Crippen MR) is 64.7 cm³/mol. The lowest BCUT2D eigenvalue weighted by Crippen LogP contribution is -2.28. The predicted octanol–water partition coefficient (Wildman–Crippen LogP) is 3.21. The average Bonchev–Trinajstić information content (AvgIpc) is 2.92. The third-order valence-electron chi connectivity index (χ3n) is 2.64. The van der Waals surface area contributed by atoms with E-state index >= 15 is 0 Å². The summed E-state index contributed by atoms with van der Waals surface area (Å²) in [6, 6.07) is 0.658. The molecular weight excluding hydrogens is 230 g/mol. The van der Waals surface area contributed by atoms with Gasteiger partial charge in [0.2, 0.25) is 0 Å². The summed E-state index contributed by atoms with van der Waals surface area (Å²) in [7, 11) is 0. The largest absolute Gasteiger partial charge is 0.350 e. The molecule has 1 aromatic rings. The number of rotatable bonds is 5. The fraction of sp³-hybridized carbons (Fsp3) is 0.800. The van der Waals surface area contributed by atoms with Crippen LogP contribution in [0.25, 0.3) is 0 Å². The van der Waals surface area contributed by atoms with Crippen molar-refractivity contribution >= 4 is 29.1 Å². The smallest absolute Gasteiger partial charge is 0.187 e. The fourth-order valence-electron chi connectivity index (χ4n) is 1.59. The van der Waals surface area contributed by atoms with E-state index < -0.39 is 0 Å². The summed E-state index contributed by atoms with van der Waals surface area (Å²) in [5.74, 6) is 1.61. The van der Waals surface area contributed by atoms with E-state index in [1.807, 2.05) is 0 Å². The van der Waals surface area contributed by atoms with E-state index in [4.69, 9.17) is 11.6 Å². The molecule has 5 heteroatoms. The number of anilines is 1. The van der Waals surface area contributed by atoms with Gasteiger partial charge in [-0.2, -0.15) is 8.75 Å². The fourth-order valence-corrected chi connectivity index (χ4v) is 2.35. The van der Waals surface area contributed by atoms with E-state index in [9.17, 15) is 0 Å². The van der Waals surface area contributed by atoms with Crippen molar-refractivity contribution in [3.63, 3.8) is 0 Å². The minimum Gasteiger partial charge on any atom is -0.350 e. The Bertz CT molecular complexity index is 322. The second-order valence-corrected chi connectivity index (χ2v) is 5.37. The molecule has 15 heavy (non-hydrogen) atoms. The first-order chi connectivity index (χ1) is 7.18. The maximum absolute atomic E-state index is 6.02. The zero-order valence-electron chi connectivity index (χ0n) is 9.11. The van der Waals surface area contributed by atoms with Gasteiger partial charge in [0.1, 0.15) is 0 Å². The Balaban J connectivity index is 2.03. The van der Waals surface area contributed by atoms with Gasteiger partial charge in [-0.05, 0) is 25.2 Å². The lowest BCUT2D eigenvalue weighted by molar-refractivity contribution is 0.569. The zero-order valence-corrected chi connectivity index (χ0v) is 10.7. The molecule has 1 aromatic heterocycles. The third kappa shape index (κ3) is 2.82. The van der Waals surface area contributed by atoms with Crippen LogP contribution in [0.3, 0.4) is 0 Å². The molecule has 0 saturated heterocycles. The van der Waals surface area contributed by atoms with Crippen LogP contribution in [0.1, 0.15) is 33.1 Å². The van der Waals surface area contributed by atoms with Gasteiger partial charge in [0.15, 0.2) is 11.0 Å². The Morgan fingerprint density at radius 1 is 1.47 bits per heavy atom. The molecule has 1 heterocycles. The topological polar surface area (TPSA) is 29.0 Å². The van der Waals surface area contributed by atoms with Crippen LogP contribution in [-0.4, -0.2) is 21.3 Å². The second kappa shape index (κ2) is 4.66. The highest BCUT2D eigenvalue weighted by Crippen LogP contribution is 2.34. The van der Waals surface area contributed by atoms with Gasteiger partial charge < -0.3 is 4.90 Å². The van der Waals surface area contributed by atoms with Gasteiger partial charge in [-0.25, -0.2) is 0 Å².